The highest BCUT2D eigenvalue weighted by atomic mass is 32.2. The SMILES string of the molecule is COC(=O)CC[C@@H](NC(=O)[C@H](N)CCSC)C(=O)O. The molecule has 0 saturated heterocycles. The van der Waals surface area contributed by atoms with Gasteiger partial charge in [-0.25, -0.2) is 4.79 Å². The molecule has 0 saturated carbocycles. The number of carbonyl (C=O) groups is 3. The van der Waals surface area contributed by atoms with Crippen LogP contribution in [0.5, 0.6) is 0 Å². The summed E-state index contributed by atoms with van der Waals surface area (Å²) in [6.45, 7) is 0. The number of hydrogen-bond acceptors (Lipinski definition) is 6. The van der Waals surface area contributed by atoms with Crippen molar-refractivity contribution in [2.24, 2.45) is 5.73 Å². The number of nitrogens with one attached hydrogen (secondary N) is 1. The van der Waals surface area contributed by atoms with Crippen molar-refractivity contribution in [3.8, 4) is 0 Å². The fourth-order valence-corrected chi connectivity index (χ4v) is 1.77. The largest absolute Gasteiger partial charge is 0.480 e. The average molecular weight is 292 g/mol. The standard InChI is InChI=1S/C11H20N2O5S/c1-18-9(14)4-3-8(11(16)17)13-10(15)7(12)5-6-19-2/h7-8H,3-6,12H2,1-2H3,(H,13,15)(H,16,17)/t7-,8-/m1/s1. The topological polar surface area (TPSA) is 119 Å². The summed E-state index contributed by atoms with van der Waals surface area (Å²) < 4.78 is 4.41. The van der Waals surface area contributed by atoms with Crippen LogP contribution in [0.1, 0.15) is 19.3 Å². The third-order valence-electron chi connectivity index (χ3n) is 2.45. The van der Waals surface area contributed by atoms with Crippen molar-refractivity contribution >= 4 is 29.6 Å². The number of nitrogens with two attached hydrogens (primary N) is 1. The number of hydrogen-bond donors (Lipinski definition) is 3. The lowest BCUT2D eigenvalue weighted by atomic mass is 10.1. The van der Waals surface area contributed by atoms with Crippen LogP contribution < -0.4 is 11.1 Å². The highest BCUT2D eigenvalue weighted by Crippen LogP contribution is 2.02. The van der Waals surface area contributed by atoms with Gasteiger partial charge in [0.15, 0.2) is 0 Å². The van der Waals surface area contributed by atoms with Crippen molar-refractivity contribution in [3.63, 3.8) is 0 Å². The number of carbonyl (C=O) groups excluding carboxylic acids is 2. The molecule has 0 heterocycles. The molecule has 0 aliphatic rings. The molecule has 7 nitrogen and oxygen atoms in total. The molecule has 0 unspecified atom stereocenters. The normalized spacial score (nSPS) is 13.4. The Balaban J connectivity index is 4.29. The van der Waals surface area contributed by atoms with Gasteiger partial charge in [-0.05, 0) is 24.9 Å². The summed E-state index contributed by atoms with van der Waals surface area (Å²) >= 11 is 1.55. The number of carboxylic acids is 1. The van der Waals surface area contributed by atoms with Gasteiger partial charge in [-0.2, -0.15) is 11.8 Å². The van der Waals surface area contributed by atoms with Gasteiger partial charge in [0.05, 0.1) is 13.2 Å². The second-order valence-electron chi connectivity index (χ2n) is 3.90. The maximum atomic E-state index is 11.7. The Hall–Kier alpha value is -1.28. The molecule has 0 bridgehead atoms. The molecule has 1 amide bonds. The summed E-state index contributed by atoms with van der Waals surface area (Å²) in [7, 11) is 1.22. The first kappa shape index (κ1) is 17.7. The van der Waals surface area contributed by atoms with Crippen LogP contribution in [0.2, 0.25) is 0 Å². The summed E-state index contributed by atoms with van der Waals surface area (Å²) in [6.07, 6.45) is 2.26. The van der Waals surface area contributed by atoms with Gasteiger partial charge in [0.2, 0.25) is 5.91 Å². The lowest BCUT2D eigenvalue weighted by Gasteiger charge is -2.17. The summed E-state index contributed by atoms with van der Waals surface area (Å²) in [4.78, 5) is 33.6. The first-order valence-corrected chi connectivity index (χ1v) is 7.16. The van der Waals surface area contributed by atoms with Gasteiger partial charge < -0.3 is 20.9 Å². The average Bonchev–Trinajstić information content (AvgIpc) is 2.39. The third-order valence-corrected chi connectivity index (χ3v) is 3.09. The van der Waals surface area contributed by atoms with Crippen molar-refractivity contribution in [1.29, 1.82) is 0 Å². The molecule has 0 aliphatic carbocycles. The Morgan fingerprint density at radius 2 is 2.00 bits per heavy atom. The van der Waals surface area contributed by atoms with Crippen LogP contribution in [0.4, 0.5) is 0 Å². The second-order valence-corrected chi connectivity index (χ2v) is 4.89. The molecule has 0 aromatic carbocycles. The molecule has 0 rings (SSSR count). The lowest BCUT2D eigenvalue weighted by molar-refractivity contribution is -0.144. The molecule has 0 aliphatic heterocycles. The van der Waals surface area contributed by atoms with Crippen molar-refractivity contribution in [2.75, 3.05) is 19.1 Å². The highest BCUT2D eigenvalue weighted by Gasteiger charge is 2.23. The molecule has 8 heteroatoms. The molecule has 0 aromatic rings. The predicted molar refractivity (Wildman–Crippen MR) is 71.8 cm³/mol. The van der Waals surface area contributed by atoms with E-state index in [4.69, 9.17) is 10.8 Å². The van der Waals surface area contributed by atoms with E-state index in [-0.39, 0.29) is 12.8 Å². The number of rotatable bonds is 9. The molecule has 0 spiro atoms. The number of esters is 1. The molecule has 0 aromatic heterocycles. The number of ether oxygens (including phenoxy) is 1. The Kier molecular flexibility index (Phi) is 8.98. The Morgan fingerprint density at radius 3 is 2.47 bits per heavy atom. The first-order chi connectivity index (χ1) is 8.92. The van der Waals surface area contributed by atoms with Crippen LogP contribution in [0, 0.1) is 0 Å². The van der Waals surface area contributed by atoms with Gasteiger partial charge in [0.25, 0.3) is 0 Å². The number of carboxylic acid groups (broad SMARTS) is 1. The van der Waals surface area contributed by atoms with E-state index in [0.29, 0.717) is 12.2 Å². The van der Waals surface area contributed by atoms with E-state index in [1.165, 1.54) is 7.11 Å². The third kappa shape index (κ3) is 7.68. The van der Waals surface area contributed by atoms with Gasteiger partial charge >= 0.3 is 11.9 Å². The van der Waals surface area contributed by atoms with Crippen LogP contribution >= 0.6 is 11.8 Å². The Morgan fingerprint density at radius 1 is 1.37 bits per heavy atom. The first-order valence-electron chi connectivity index (χ1n) is 5.76. The van der Waals surface area contributed by atoms with E-state index in [9.17, 15) is 14.4 Å². The molecular weight excluding hydrogens is 272 g/mol. The smallest absolute Gasteiger partial charge is 0.326 e. The van der Waals surface area contributed by atoms with Crippen molar-refractivity contribution in [3.05, 3.63) is 0 Å². The fourth-order valence-electron chi connectivity index (χ4n) is 1.28. The van der Waals surface area contributed by atoms with Crippen molar-refractivity contribution in [1.82, 2.24) is 5.32 Å². The molecule has 4 N–H and O–H groups in total. The van der Waals surface area contributed by atoms with Crippen LogP contribution in [-0.2, 0) is 19.1 Å². The van der Waals surface area contributed by atoms with Gasteiger partial charge in [0, 0.05) is 6.42 Å². The quantitative estimate of drug-likeness (QED) is 0.494. The van der Waals surface area contributed by atoms with E-state index < -0.39 is 29.9 Å². The Labute approximate surface area is 116 Å². The minimum absolute atomic E-state index is 0.0248. The van der Waals surface area contributed by atoms with Gasteiger partial charge in [-0.1, -0.05) is 0 Å². The molecule has 0 radical (unpaired) electrons. The molecule has 110 valence electrons. The zero-order valence-corrected chi connectivity index (χ0v) is 11.9. The number of methoxy groups -OCH3 is 1. The summed E-state index contributed by atoms with van der Waals surface area (Å²) in [6, 6.07) is -1.88. The van der Waals surface area contributed by atoms with E-state index in [1.54, 1.807) is 11.8 Å². The number of thioether (sulfide) groups is 1. The van der Waals surface area contributed by atoms with Crippen LogP contribution in [0.3, 0.4) is 0 Å². The highest BCUT2D eigenvalue weighted by molar-refractivity contribution is 7.98. The zero-order chi connectivity index (χ0) is 14.8. The molecular formula is C11H20N2O5S. The van der Waals surface area contributed by atoms with Crippen molar-refractivity contribution < 1.29 is 24.2 Å². The van der Waals surface area contributed by atoms with Gasteiger partial charge in [0.1, 0.15) is 6.04 Å². The van der Waals surface area contributed by atoms with Gasteiger partial charge in [-0.15, -0.1) is 0 Å². The molecule has 0 fully saturated rings. The summed E-state index contributed by atoms with van der Waals surface area (Å²) in [5.74, 6) is -1.53. The van der Waals surface area contributed by atoms with Crippen LogP contribution in [0.25, 0.3) is 0 Å². The maximum Gasteiger partial charge on any atom is 0.326 e. The lowest BCUT2D eigenvalue weighted by Crippen LogP contribution is -2.48. The number of aliphatic carboxylic acids is 1. The maximum absolute atomic E-state index is 11.7. The molecule has 19 heavy (non-hydrogen) atoms. The molecule has 2 atom stereocenters. The summed E-state index contributed by atoms with van der Waals surface area (Å²) in [5, 5.41) is 11.3. The minimum atomic E-state index is -1.20. The van der Waals surface area contributed by atoms with Crippen LogP contribution in [0.15, 0.2) is 0 Å². The van der Waals surface area contributed by atoms with E-state index in [2.05, 4.69) is 10.1 Å². The second kappa shape index (κ2) is 9.62. The predicted octanol–water partition coefficient (Wildman–Crippen LogP) is -0.411. The minimum Gasteiger partial charge on any atom is -0.480 e. The van der Waals surface area contributed by atoms with Crippen molar-refractivity contribution in [2.45, 2.75) is 31.3 Å². The monoisotopic (exact) mass is 292 g/mol. The van der Waals surface area contributed by atoms with E-state index in [0.717, 1.165) is 0 Å². The number of amides is 1. The fraction of sp³-hybridized carbons (Fsp3) is 0.727. The van der Waals surface area contributed by atoms with Crippen LogP contribution in [-0.4, -0.2) is 54.2 Å². The van der Waals surface area contributed by atoms with E-state index in [1.807, 2.05) is 6.26 Å². The summed E-state index contributed by atoms with van der Waals surface area (Å²) in [5.41, 5.74) is 5.62. The Bertz CT molecular complexity index is 324. The van der Waals surface area contributed by atoms with Gasteiger partial charge in [-0.3, -0.25) is 9.59 Å². The van der Waals surface area contributed by atoms with E-state index >= 15 is 0 Å². The zero-order valence-electron chi connectivity index (χ0n) is 11.0.